The van der Waals surface area contributed by atoms with Gasteiger partial charge in [-0.1, -0.05) is 26.8 Å². The van der Waals surface area contributed by atoms with Crippen molar-refractivity contribution in [2.75, 3.05) is 26.7 Å². The van der Waals surface area contributed by atoms with E-state index in [2.05, 4.69) is 31.7 Å². The molecule has 1 aromatic rings. The van der Waals surface area contributed by atoms with E-state index in [1.54, 1.807) is 7.11 Å². The SMILES string of the molecule is COc1ccc(C(O)CCN2CCC(=O)CC2)cc1C(C)(C)C. The third-order valence-corrected chi connectivity index (χ3v) is 4.55. The molecule has 0 amide bonds. The molecule has 1 aliphatic rings. The van der Waals surface area contributed by atoms with E-state index in [0.29, 0.717) is 25.0 Å². The van der Waals surface area contributed by atoms with Gasteiger partial charge in [-0.25, -0.2) is 0 Å². The molecule has 1 aliphatic heterocycles. The van der Waals surface area contributed by atoms with Gasteiger partial charge in [-0.3, -0.25) is 4.79 Å². The molecule has 0 radical (unpaired) electrons. The minimum Gasteiger partial charge on any atom is -0.496 e. The number of hydrogen-bond donors (Lipinski definition) is 1. The van der Waals surface area contributed by atoms with E-state index in [1.165, 1.54) is 0 Å². The van der Waals surface area contributed by atoms with Crippen molar-refractivity contribution in [1.29, 1.82) is 0 Å². The first-order chi connectivity index (χ1) is 10.8. The number of aliphatic hydroxyl groups is 1. The molecule has 1 unspecified atom stereocenters. The largest absolute Gasteiger partial charge is 0.496 e. The molecule has 1 saturated heterocycles. The number of nitrogens with zero attached hydrogens (tertiary/aromatic N) is 1. The molecule has 1 fully saturated rings. The number of ether oxygens (including phenoxy) is 1. The second-order valence-electron chi connectivity index (χ2n) is 7.39. The van der Waals surface area contributed by atoms with E-state index in [1.807, 2.05) is 12.1 Å². The molecule has 0 bridgehead atoms. The lowest BCUT2D eigenvalue weighted by atomic mass is 9.84. The zero-order valence-corrected chi connectivity index (χ0v) is 14.8. The predicted molar refractivity (Wildman–Crippen MR) is 92.0 cm³/mol. The second-order valence-corrected chi connectivity index (χ2v) is 7.39. The molecule has 0 saturated carbocycles. The van der Waals surface area contributed by atoms with Gasteiger partial charge >= 0.3 is 0 Å². The van der Waals surface area contributed by atoms with Crippen LogP contribution in [-0.4, -0.2) is 42.5 Å². The van der Waals surface area contributed by atoms with Crippen molar-refractivity contribution in [1.82, 2.24) is 4.90 Å². The lowest BCUT2D eigenvalue weighted by Gasteiger charge is -2.27. The molecule has 1 N–H and O–H groups in total. The maximum atomic E-state index is 11.3. The summed E-state index contributed by atoms with van der Waals surface area (Å²) in [6.45, 7) is 8.90. The van der Waals surface area contributed by atoms with Crippen LogP contribution in [-0.2, 0) is 10.2 Å². The summed E-state index contributed by atoms with van der Waals surface area (Å²) < 4.78 is 5.45. The molecule has 2 rings (SSSR count). The van der Waals surface area contributed by atoms with Crippen LogP contribution in [0.25, 0.3) is 0 Å². The van der Waals surface area contributed by atoms with Crippen LogP contribution in [0, 0.1) is 0 Å². The van der Waals surface area contributed by atoms with Crippen molar-refractivity contribution in [3.05, 3.63) is 29.3 Å². The molecule has 1 atom stereocenters. The fraction of sp³-hybridized carbons (Fsp3) is 0.632. The van der Waals surface area contributed by atoms with E-state index < -0.39 is 6.10 Å². The molecule has 0 aliphatic carbocycles. The Morgan fingerprint density at radius 2 is 1.91 bits per heavy atom. The van der Waals surface area contributed by atoms with Crippen LogP contribution in [0.2, 0.25) is 0 Å². The van der Waals surface area contributed by atoms with Gasteiger partial charge in [-0.2, -0.15) is 0 Å². The summed E-state index contributed by atoms with van der Waals surface area (Å²) in [6, 6.07) is 5.94. The zero-order valence-electron chi connectivity index (χ0n) is 14.8. The summed E-state index contributed by atoms with van der Waals surface area (Å²) in [6.07, 6.45) is 1.49. The van der Waals surface area contributed by atoms with Crippen LogP contribution in [0.5, 0.6) is 5.75 Å². The summed E-state index contributed by atoms with van der Waals surface area (Å²) in [5.41, 5.74) is 2.01. The van der Waals surface area contributed by atoms with Crippen LogP contribution in [0.1, 0.15) is 57.3 Å². The van der Waals surface area contributed by atoms with Crippen molar-refractivity contribution in [3.8, 4) is 5.75 Å². The minimum absolute atomic E-state index is 0.0334. The van der Waals surface area contributed by atoms with Gasteiger partial charge in [-0.05, 0) is 35.1 Å². The Balaban J connectivity index is 2.01. The van der Waals surface area contributed by atoms with E-state index in [-0.39, 0.29) is 5.41 Å². The van der Waals surface area contributed by atoms with Crippen LogP contribution in [0.3, 0.4) is 0 Å². The number of rotatable bonds is 5. The first-order valence-electron chi connectivity index (χ1n) is 8.42. The van der Waals surface area contributed by atoms with E-state index >= 15 is 0 Å². The first kappa shape index (κ1) is 18.0. The fourth-order valence-electron chi connectivity index (χ4n) is 3.02. The van der Waals surface area contributed by atoms with Crippen LogP contribution in [0.4, 0.5) is 0 Å². The maximum absolute atomic E-state index is 11.3. The third-order valence-electron chi connectivity index (χ3n) is 4.55. The first-order valence-corrected chi connectivity index (χ1v) is 8.42. The summed E-state index contributed by atoms with van der Waals surface area (Å²) in [5, 5.41) is 10.5. The Hall–Kier alpha value is -1.39. The summed E-state index contributed by atoms with van der Waals surface area (Å²) in [4.78, 5) is 13.5. The van der Waals surface area contributed by atoms with Crippen molar-refractivity contribution in [3.63, 3.8) is 0 Å². The fourth-order valence-corrected chi connectivity index (χ4v) is 3.02. The van der Waals surface area contributed by atoms with Crippen molar-refractivity contribution >= 4 is 5.78 Å². The van der Waals surface area contributed by atoms with E-state index in [9.17, 15) is 9.90 Å². The molecular weight excluding hydrogens is 290 g/mol. The Morgan fingerprint density at radius 1 is 1.26 bits per heavy atom. The number of carbonyl (C=O) groups is 1. The van der Waals surface area contributed by atoms with Crippen molar-refractivity contribution in [2.24, 2.45) is 0 Å². The number of hydrogen-bond acceptors (Lipinski definition) is 4. The summed E-state index contributed by atoms with van der Waals surface area (Å²) in [7, 11) is 1.68. The molecule has 4 nitrogen and oxygen atoms in total. The van der Waals surface area contributed by atoms with Gasteiger partial charge in [0.2, 0.25) is 0 Å². The molecule has 0 spiro atoms. The maximum Gasteiger partial charge on any atom is 0.135 e. The number of Topliss-reactive ketones (excluding diaryl/α,β-unsaturated/α-hetero) is 1. The van der Waals surface area contributed by atoms with Crippen molar-refractivity contribution in [2.45, 2.75) is 51.6 Å². The average Bonchev–Trinajstić information content (AvgIpc) is 2.52. The highest BCUT2D eigenvalue weighted by molar-refractivity contribution is 5.79. The number of benzene rings is 1. The normalized spacial score (nSPS) is 18.0. The molecule has 0 aromatic heterocycles. The van der Waals surface area contributed by atoms with Crippen LogP contribution in [0.15, 0.2) is 18.2 Å². The van der Waals surface area contributed by atoms with Gasteiger partial charge in [0.25, 0.3) is 0 Å². The van der Waals surface area contributed by atoms with Gasteiger partial charge in [0, 0.05) is 32.5 Å². The summed E-state index contributed by atoms with van der Waals surface area (Å²) in [5.74, 6) is 1.22. The van der Waals surface area contributed by atoms with Gasteiger partial charge in [-0.15, -0.1) is 0 Å². The van der Waals surface area contributed by atoms with E-state index in [4.69, 9.17) is 4.74 Å². The third kappa shape index (κ3) is 4.79. The summed E-state index contributed by atoms with van der Waals surface area (Å²) >= 11 is 0. The average molecular weight is 319 g/mol. The molecule has 128 valence electrons. The minimum atomic E-state index is -0.486. The van der Waals surface area contributed by atoms with Crippen molar-refractivity contribution < 1.29 is 14.6 Å². The Labute approximate surface area is 139 Å². The Morgan fingerprint density at radius 3 is 2.48 bits per heavy atom. The standard InChI is InChI=1S/C19H29NO3/c1-19(2,3)16-13-14(5-6-18(16)23-4)17(22)9-12-20-10-7-15(21)8-11-20/h5-6,13,17,22H,7-12H2,1-4H3. The number of likely N-dealkylation sites (tertiary alicyclic amines) is 1. The zero-order chi connectivity index (χ0) is 17.0. The highest BCUT2D eigenvalue weighted by atomic mass is 16.5. The van der Waals surface area contributed by atoms with Crippen LogP contribution >= 0.6 is 0 Å². The highest BCUT2D eigenvalue weighted by Crippen LogP contribution is 2.34. The molecule has 1 aromatic carbocycles. The highest BCUT2D eigenvalue weighted by Gasteiger charge is 2.22. The number of aliphatic hydroxyl groups excluding tert-OH is 1. The molecular formula is C19H29NO3. The van der Waals surface area contributed by atoms with E-state index in [0.717, 1.165) is 36.5 Å². The lowest BCUT2D eigenvalue weighted by Crippen LogP contribution is -2.35. The monoisotopic (exact) mass is 319 g/mol. The van der Waals surface area contributed by atoms with Gasteiger partial charge in [0.05, 0.1) is 13.2 Å². The predicted octanol–water partition coefficient (Wildman–Crippen LogP) is 3.08. The quantitative estimate of drug-likeness (QED) is 0.906. The van der Waals surface area contributed by atoms with Gasteiger partial charge < -0.3 is 14.7 Å². The molecule has 1 heterocycles. The van der Waals surface area contributed by atoms with Crippen LogP contribution < -0.4 is 4.74 Å². The molecule has 23 heavy (non-hydrogen) atoms. The van der Waals surface area contributed by atoms with Gasteiger partial charge in [0.15, 0.2) is 0 Å². The Kier molecular flexibility index (Phi) is 5.82. The number of piperidine rings is 1. The topological polar surface area (TPSA) is 49.8 Å². The molecule has 4 heteroatoms. The second kappa shape index (κ2) is 7.45. The smallest absolute Gasteiger partial charge is 0.135 e. The lowest BCUT2D eigenvalue weighted by molar-refractivity contribution is -0.121. The number of methoxy groups -OCH3 is 1. The number of ketones is 1. The Bertz CT molecular complexity index is 538. The number of carbonyl (C=O) groups excluding carboxylic acids is 1. The van der Waals surface area contributed by atoms with Gasteiger partial charge in [0.1, 0.15) is 11.5 Å².